The minimum Gasteiger partial charge on any atom is -0.456 e. The number of hydrogen-bond acceptors (Lipinski definition) is 3. The van der Waals surface area contributed by atoms with Crippen LogP contribution in [0, 0.1) is 0 Å². The van der Waals surface area contributed by atoms with Crippen molar-refractivity contribution in [1.82, 2.24) is 0 Å². The Morgan fingerprint density at radius 3 is 2.44 bits per heavy atom. The number of fused-ring (bicyclic) bond motifs is 2. The Hall–Kier alpha value is -2.62. The Morgan fingerprint density at radius 1 is 0.944 bits per heavy atom. The van der Waals surface area contributed by atoms with Gasteiger partial charge in [0.25, 0.3) is 0 Å². The van der Waals surface area contributed by atoms with E-state index in [0.29, 0.717) is 16.4 Å². The van der Waals surface area contributed by atoms with E-state index in [4.69, 9.17) is 4.42 Å². The van der Waals surface area contributed by atoms with Gasteiger partial charge in [0, 0.05) is 0 Å². The smallest absolute Gasteiger partial charge is 0.386 e. The quantitative estimate of drug-likeness (QED) is 0.613. The molecule has 0 saturated heterocycles. The fourth-order valence-electron chi connectivity index (χ4n) is 1.93. The average molecular weight is 239 g/mol. The molecule has 2 aromatic carbocycles. The zero-order chi connectivity index (χ0) is 12.7. The second-order valence-corrected chi connectivity index (χ2v) is 3.93. The molecule has 0 amide bonds. The SMILES string of the molecule is [O]C(=O)c1ccc2c(=O)c3ccccc3oc2c1. The third-order valence-corrected chi connectivity index (χ3v) is 2.81. The summed E-state index contributed by atoms with van der Waals surface area (Å²) in [6.07, 6.45) is 0. The van der Waals surface area contributed by atoms with E-state index in [9.17, 15) is 14.7 Å². The Bertz CT molecular complexity index is 830. The van der Waals surface area contributed by atoms with E-state index in [1.54, 1.807) is 24.3 Å². The summed E-state index contributed by atoms with van der Waals surface area (Å²) in [4.78, 5) is 22.9. The van der Waals surface area contributed by atoms with Gasteiger partial charge in [0.15, 0.2) is 0 Å². The third-order valence-electron chi connectivity index (χ3n) is 2.81. The molecule has 3 aromatic rings. The van der Waals surface area contributed by atoms with Crippen molar-refractivity contribution in [3.05, 3.63) is 58.3 Å². The highest BCUT2D eigenvalue weighted by atomic mass is 16.4. The second-order valence-electron chi connectivity index (χ2n) is 3.93. The van der Waals surface area contributed by atoms with Crippen molar-refractivity contribution >= 4 is 27.9 Å². The Balaban J connectivity index is 2.48. The lowest BCUT2D eigenvalue weighted by Gasteiger charge is -2.01. The van der Waals surface area contributed by atoms with Crippen LogP contribution in [0.5, 0.6) is 0 Å². The van der Waals surface area contributed by atoms with Crippen LogP contribution in [0.2, 0.25) is 0 Å². The van der Waals surface area contributed by atoms with Gasteiger partial charge in [-0.3, -0.25) is 4.79 Å². The van der Waals surface area contributed by atoms with Crippen LogP contribution in [-0.2, 0) is 5.11 Å². The van der Waals surface area contributed by atoms with E-state index in [1.807, 2.05) is 0 Å². The van der Waals surface area contributed by atoms with Gasteiger partial charge >= 0.3 is 5.97 Å². The largest absolute Gasteiger partial charge is 0.456 e. The lowest BCUT2D eigenvalue weighted by molar-refractivity contribution is 0.0573. The number of carbonyl (C=O) groups excluding carboxylic acids is 1. The first-order valence-electron chi connectivity index (χ1n) is 5.34. The summed E-state index contributed by atoms with van der Waals surface area (Å²) in [5.74, 6) is -1.30. The molecule has 0 unspecified atom stereocenters. The standard InChI is InChI=1S/C14H7O4/c15-13-9-3-1-2-4-11(9)18-12-7-8(14(16)17)5-6-10(12)13/h1-7H. The van der Waals surface area contributed by atoms with Crippen molar-refractivity contribution in [2.45, 2.75) is 0 Å². The maximum Gasteiger partial charge on any atom is 0.386 e. The van der Waals surface area contributed by atoms with E-state index in [1.165, 1.54) is 18.2 Å². The summed E-state index contributed by atoms with van der Waals surface area (Å²) in [5.41, 5.74) is 0.503. The van der Waals surface area contributed by atoms with E-state index < -0.39 is 5.97 Å². The van der Waals surface area contributed by atoms with Crippen molar-refractivity contribution in [3.63, 3.8) is 0 Å². The highest BCUT2D eigenvalue weighted by molar-refractivity contribution is 5.95. The van der Waals surface area contributed by atoms with E-state index in [-0.39, 0.29) is 16.6 Å². The molecule has 0 atom stereocenters. The predicted octanol–water partition coefficient (Wildman–Crippen LogP) is 2.52. The molecular formula is C14H7O4. The highest BCUT2D eigenvalue weighted by Gasteiger charge is 2.11. The average Bonchev–Trinajstić information content (AvgIpc) is 2.38. The second kappa shape index (κ2) is 3.70. The van der Waals surface area contributed by atoms with Crippen molar-refractivity contribution in [2.75, 3.05) is 0 Å². The van der Waals surface area contributed by atoms with Crippen LogP contribution in [0.3, 0.4) is 0 Å². The van der Waals surface area contributed by atoms with Crippen molar-refractivity contribution < 1.29 is 14.3 Å². The van der Waals surface area contributed by atoms with Crippen molar-refractivity contribution in [1.29, 1.82) is 0 Å². The molecule has 4 nitrogen and oxygen atoms in total. The first kappa shape index (κ1) is 10.5. The zero-order valence-corrected chi connectivity index (χ0v) is 9.17. The van der Waals surface area contributed by atoms with Crippen molar-refractivity contribution in [3.8, 4) is 0 Å². The lowest BCUT2D eigenvalue weighted by atomic mass is 10.1. The highest BCUT2D eigenvalue weighted by Crippen LogP contribution is 2.19. The molecule has 4 heteroatoms. The van der Waals surface area contributed by atoms with Gasteiger partial charge in [0.2, 0.25) is 5.43 Å². The molecule has 1 heterocycles. The lowest BCUT2D eigenvalue weighted by Crippen LogP contribution is -2.03. The number of para-hydroxylation sites is 1. The summed E-state index contributed by atoms with van der Waals surface area (Å²) < 4.78 is 5.53. The fourth-order valence-corrected chi connectivity index (χ4v) is 1.93. The maximum atomic E-state index is 12.1. The van der Waals surface area contributed by atoms with E-state index in [0.717, 1.165) is 0 Å². The Kier molecular flexibility index (Phi) is 2.16. The van der Waals surface area contributed by atoms with Gasteiger partial charge in [-0.1, -0.05) is 12.1 Å². The van der Waals surface area contributed by atoms with Gasteiger partial charge in [0.05, 0.1) is 16.3 Å². The predicted molar refractivity (Wildman–Crippen MR) is 65.0 cm³/mol. The molecule has 0 N–H and O–H groups in total. The van der Waals surface area contributed by atoms with Crippen LogP contribution in [-0.4, -0.2) is 5.97 Å². The van der Waals surface area contributed by atoms with Crippen LogP contribution < -0.4 is 5.43 Å². The molecule has 0 saturated carbocycles. The summed E-state index contributed by atoms with van der Waals surface area (Å²) in [6, 6.07) is 10.9. The summed E-state index contributed by atoms with van der Waals surface area (Å²) in [7, 11) is 0. The molecule has 0 aliphatic heterocycles. The molecule has 0 fully saturated rings. The number of hydrogen-bond donors (Lipinski definition) is 0. The molecular weight excluding hydrogens is 232 g/mol. The first-order valence-corrected chi connectivity index (χ1v) is 5.34. The monoisotopic (exact) mass is 239 g/mol. The summed E-state index contributed by atoms with van der Waals surface area (Å²) in [5, 5.41) is 11.6. The maximum absolute atomic E-state index is 12.1. The minimum atomic E-state index is -1.30. The van der Waals surface area contributed by atoms with Crippen LogP contribution in [0.25, 0.3) is 21.9 Å². The zero-order valence-electron chi connectivity index (χ0n) is 9.17. The van der Waals surface area contributed by atoms with Gasteiger partial charge in [-0.05, 0) is 30.3 Å². The molecule has 0 bridgehead atoms. The molecule has 0 aliphatic carbocycles. The normalized spacial score (nSPS) is 10.9. The Labute approximate surface area is 101 Å². The van der Waals surface area contributed by atoms with Crippen LogP contribution in [0.4, 0.5) is 0 Å². The molecule has 1 radical (unpaired) electrons. The molecule has 18 heavy (non-hydrogen) atoms. The topological polar surface area (TPSA) is 67.2 Å². The van der Waals surface area contributed by atoms with Gasteiger partial charge in [0.1, 0.15) is 11.2 Å². The first-order chi connectivity index (χ1) is 8.66. The number of carbonyl (C=O) groups is 1. The number of benzene rings is 2. The van der Waals surface area contributed by atoms with E-state index >= 15 is 0 Å². The summed E-state index contributed by atoms with van der Waals surface area (Å²) in [6.45, 7) is 0. The van der Waals surface area contributed by atoms with E-state index in [2.05, 4.69) is 0 Å². The fraction of sp³-hybridized carbons (Fsp3) is 0. The van der Waals surface area contributed by atoms with Gasteiger partial charge < -0.3 is 4.42 Å². The summed E-state index contributed by atoms with van der Waals surface area (Å²) >= 11 is 0. The molecule has 0 spiro atoms. The van der Waals surface area contributed by atoms with Gasteiger partial charge in [-0.15, -0.1) is 0 Å². The van der Waals surface area contributed by atoms with Gasteiger partial charge in [-0.2, -0.15) is 0 Å². The minimum absolute atomic E-state index is 0.0130. The van der Waals surface area contributed by atoms with Gasteiger partial charge in [-0.25, -0.2) is 9.90 Å². The third kappa shape index (κ3) is 1.47. The molecule has 87 valence electrons. The Morgan fingerprint density at radius 2 is 1.67 bits per heavy atom. The van der Waals surface area contributed by atoms with Crippen LogP contribution in [0.15, 0.2) is 51.7 Å². The molecule has 1 aromatic heterocycles. The molecule has 3 rings (SSSR count). The molecule has 0 aliphatic rings. The number of rotatable bonds is 1. The van der Waals surface area contributed by atoms with Crippen LogP contribution >= 0.6 is 0 Å². The van der Waals surface area contributed by atoms with Crippen LogP contribution in [0.1, 0.15) is 10.4 Å². The van der Waals surface area contributed by atoms with Crippen molar-refractivity contribution in [2.24, 2.45) is 0 Å².